The smallest absolute Gasteiger partial charge is 0.411 e. The van der Waals surface area contributed by atoms with Crippen LogP contribution in [0.4, 0.5) is 9.18 Å². The first-order chi connectivity index (χ1) is 7.63. The van der Waals surface area contributed by atoms with Gasteiger partial charge in [-0.3, -0.25) is 4.90 Å². The summed E-state index contributed by atoms with van der Waals surface area (Å²) in [6.07, 6.45) is -2.29. The largest absolute Gasteiger partial charge is 0.480 e. The van der Waals surface area contributed by atoms with E-state index in [9.17, 15) is 14.0 Å². The predicted molar refractivity (Wildman–Crippen MR) is 58.5 cm³/mol. The van der Waals surface area contributed by atoms with Crippen LogP contribution in [0.3, 0.4) is 0 Å². The number of carbonyl (C=O) groups is 2. The molecule has 17 heavy (non-hydrogen) atoms. The van der Waals surface area contributed by atoms with E-state index in [0.717, 1.165) is 4.90 Å². The molecule has 3 atom stereocenters. The summed E-state index contributed by atoms with van der Waals surface area (Å²) in [6.45, 7) is 6.51. The zero-order valence-electron chi connectivity index (χ0n) is 10.4. The van der Waals surface area contributed by atoms with E-state index >= 15 is 0 Å². The van der Waals surface area contributed by atoms with Crippen LogP contribution in [0.25, 0.3) is 0 Å². The average Bonchev–Trinajstić information content (AvgIpc) is 2.40. The summed E-state index contributed by atoms with van der Waals surface area (Å²) in [5.41, 5.74) is -0.728. The summed E-state index contributed by atoms with van der Waals surface area (Å²) in [5.74, 6) is -1.21. The molecule has 1 rings (SSSR count). The van der Waals surface area contributed by atoms with Gasteiger partial charge in [-0.1, -0.05) is 0 Å². The normalized spacial score (nSPS) is 29.2. The standard InChI is InChI=1S/C11H18FNO4/c1-6-7(12)5-8(9(14)15)13(6)10(16)17-11(2,3)4/h6-8H,5H2,1-4H3,(H,14,15). The van der Waals surface area contributed by atoms with E-state index in [0.29, 0.717) is 0 Å². The Morgan fingerprint density at radius 2 is 1.94 bits per heavy atom. The van der Waals surface area contributed by atoms with Crippen LogP contribution in [0.1, 0.15) is 34.1 Å². The molecule has 1 saturated heterocycles. The Morgan fingerprint density at radius 3 is 2.35 bits per heavy atom. The number of halogens is 1. The van der Waals surface area contributed by atoms with Gasteiger partial charge in [-0.15, -0.1) is 0 Å². The summed E-state index contributed by atoms with van der Waals surface area (Å²) >= 11 is 0. The number of hydrogen-bond donors (Lipinski definition) is 1. The van der Waals surface area contributed by atoms with Crippen molar-refractivity contribution in [2.24, 2.45) is 0 Å². The minimum atomic E-state index is -1.33. The molecule has 1 N–H and O–H groups in total. The van der Waals surface area contributed by atoms with E-state index in [1.807, 2.05) is 0 Å². The van der Waals surface area contributed by atoms with Crippen LogP contribution >= 0.6 is 0 Å². The fraction of sp³-hybridized carbons (Fsp3) is 0.818. The quantitative estimate of drug-likeness (QED) is 0.767. The Balaban J connectivity index is 2.85. The number of alkyl halides is 1. The van der Waals surface area contributed by atoms with E-state index in [1.165, 1.54) is 6.92 Å². The van der Waals surface area contributed by atoms with Gasteiger partial charge in [0, 0.05) is 6.42 Å². The molecule has 1 amide bonds. The molecule has 0 aliphatic carbocycles. The number of carboxylic acid groups (broad SMARTS) is 1. The van der Waals surface area contributed by atoms with E-state index in [1.54, 1.807) is 20.8 Å². The first kappa shape index (κ1) is 13.7. The monoisotopic (exact) mass is 247 g/mol. The Morgan fingerprint density at radius 1 is 1.41 bits per heavy atom. The molecule has 98 valence electrons. The summed E-state index contributed by atoms with van der Waals surface area (Å²) in [5, 5.41) is 8.95. The Labute approximate surface area is 99.5 Å². The molecule has 1 aliphatic rings. The molecular formula is C11H18FNO4. The highest BCUT2D eigenvalue weighted by Crippen LogP contribution is 2.28. The minimum Gasteiger partial charge on any atom is -0.480 e. The SMILES string of the molecule is CC1C(F)CC(C(=O)O)N1C(=O)OC(C)(C)C. The molecule has 1 fully saturated rings. The molecule has 0 bridgehead atoms. The molecule has 0 saturated carbocycles. The van der Waals surface area contributed by atoms with Crippen LogP contribution in [0.15, 0.2) is 0 Å². The van der Waals surface area contributed by atoms with Gasteiger partial charge in [0.25, 0.3) is 0 Å². The van der Waals surface area contributed by atoms with Gasteiger partial charge in [0.05, 0.1) is 6.04 Å². The lowest BCUT2D eigenvalue weighted by Crippen LogP contribution is -2.47. The minimum absolute atomic E-state index is 0.185. The van der Waals surface area contributed by atoms with Gasteiger partial charge < -0.3 is 9.84 Å². The lowest BCUT2D eigenvalue weighted by molar-refractivity contribution is -0.142. The number of ether oxygens (including phenoxy) is 1. The number of carbonyl (C=O) groups excluding carboxylic acids is 1. The molecule has 1 aliphatic heterocycles. The van der Waals surface area contributed by atoms with Crippen LogP contribution in [0, 0.1) is 0 Å². The summed E-state index contributed by atoms with van der Waals surface area (Å²) < 4.78 is 18.5. The third-order valence-corrected chi connectivity index (χ3v) is 2.64. The average molecular weight is 247 g/mol. The van der Waals surface area contributed by atoms with Crippen molar-refractivity contribution in [3.05, 3.63) is 0 Å². The van der Waals surface area contributed by atoms with Crippen molar-refractivity contribution in [2.45, 2.75) is 58.0 Å². The molecule has 6 heteroatoms. The maximum atomic E-state index is 13.5. The van der Waals surface area contributed by atoms with Crippen LogP contribution in [0.2, 0.25) is 0 Å². The number of amides is 1. The lowest BCUT2D eigenvalue weighted by Gasteiger charge is -2.29. The van der Waals surface area contributed by atoms with Gasteiger partial charge in [-0.25, -0.2) is 14.0 Å². The van der Waals surface area contributed by atoms with E-state index in [2.05, 4.69) is 0 Å². The van der Waals surface area contributed by atoms with Gasteiger partial charge in [0.15, 0.2) is 0 Å². The van der Waals surface area contributed by atoms with E-state index in [-0.39, 0.29) is 6.42 Å². The number of aliphatic carboxylic acids is 1. The molecule has 5 nitrogen and oxygen atoms in total. The van der Waals surface area contributed by atoms with Crippen molar-refractivity contribution >= 4 is 12.1 Å². The van der Waals surface area contributed by atoms with E-state index in [4.69, 9.17) is 9.84 Å². The third kappa shape index (κ3) is 3.08. The molecule has 0 aromatic heterocycles. The highest BCUT2D eigenvalue weighted by Gasteiger charge is 2.46. The second-order valence-corrected chi connectivity index (χ2v) is 5.23. The van der Waals surface area contributed by atoms with Crippen molar-refractivity contribution in [1.82, 2.24) is 4.90 Å². The first-order valence-corrected chi connectivity index (χ1v) is 5.51. The van der Waals surface area contributed by atoms with Crippen molar-refractivity contribution in [3.8, 4) is 0 Å². The van der Waals surface area contributed by atoms with Gasteiger partial charge in [-0.2, -0.15) is 0 Å². The summed E-state index contributed by atoms with van der Waals surface area (Å²) in [6, 6.07) is -1.92. The number of likely N-dealkylation sites (tertiary alicyclic amines) is 1. The second-order valence-electron chi connectivity index (χ2n) is 5.23. The van der Waals surface area contributed by atoms with Gasteiger partial charge >= 0.3 is 12.1 Å². The van der Waals surface area contributed by atoms with Crippen molar-refractivity contribution in [2.75, 3.05) is 0 Å². The molecule has 1 heterocycles. The van der Waals surface area contributed by atoms with E-state index < -0.39 is 35.9 Å². The zero-order valence-corrected chi connectivity index (χ0v) is 10.4. The second kappa shape index (κ2) is 4.50. The maximum Gasteiger partial charge on any atom is 0.411 e. The third-order valence-electron chi connectivity index (χ3n) is 2.64. The highest BCUT2D eigenvalue weighted by molar-refractivity contribution is 5.81. The van der Waals surface area contributed by atoms with Crippen LogP contribution in [0.5, 0.6) is 0 Å². The maximum absolute atomic E-state index is 13.5. The van der Waals surface area contributed by atoms with Gasteiger partial charge in [-0.05, 0) is 27.7 Å². The number of rotatable bonds is 1. The molecule has 0 spiro atoms. The topological polar surface area (TPSA) is 66.8 Å². The number of nitrogens with zero attached hydrogens (tertiary/aromatic N) is 1. The van der Waals surface area contributed by atoms with Crippen LogP contribution in [-0.2, 0) is 9.53 Å². The fourth-order valence-corrected chi connectivity index (χ4v) is 1.81. The van der Waals surface area contributed by atoms with Crippen LogP contribution in [-0.4, -0.2) is 45.9 Å². The fourth-order valence-electron chi connectivity index (χ4n) is 1.81. The van der Waals surface area contributed by atoms with Crippen LogP contribution < -0.4 is 0 Å². The van der Waals surface area contributed by atoms with Crippen molar-refractivity contribution in [3.63, 3.8) is 0 Å². The molecule has 0 radical (unpaired) electrons. The molecule has 0 aromatic rings. The molecular weight excluding hydrogens is 229 g/mol. The van der Waals surface area contributed by atoms with Gasteiger partial charge in [0.1, 0.15) is 17.8 Å². The zero-order chi connectivity index (χ0) is 13.4. The number of hydrogen-bond acceptors (Lipinski definition) is 3. The predicted octanol–water partition coefficient (Wildman–Crippen LogP) is 1.81. The van der Waals surface area contributed by atoms with Crippen molar-refractivity contribution < 1.29 is 23.8 Å². The highest BCUT2D eigenvalue weighted by atomic mass is 19.1. The Bertz CT molecular complexity index is 326. The Hall–Kier alpha value is -1.33. The summed E-state index contributed by atoms with van der Waals surface area (Å²) in [7, 11) is 0. The number of carboxylic acids is 1. The molecule has 0 aromatic carbocycles. The van der Waals surface area contributed by atoms with Gasteiger partial charge in [0.2, 0.25) is 0 Å². The first-order valence-electron chi connectivity index (χ1n) is 5.51. The lowest BCUT2D eigenvalue weighted by atomic mass is 10.2. The Kier molecular flexibility index (Phi) is 3.64. The summed E-state index contributed by atoms with van der Waals surface area (Å²) in [4.78, 5) is 23.7. The molecule has 3 unspecified atom stereocenters. The van der Waals surface area contributed by atoms with Crippen molar-refractivity contribution in [1.29, 1.82) is 0 Å².